The van der Waals surface area contributed by atoms with Crippen LogP contribution >= 0.6 is 0 Å². The van der Waals surface area contributed by atoms with Crippen molar-refractivity contribution in [1.29, 1.82) is 0 Å². The van der Waals surface area contributed by atoms with E-state index in [1.54, 1.807) is 13.8 Å². The molecule has 100 valence electrons. The minimum Gasteiger partial charge on any atom is -0.399 e. The minimum absolute atomic E-state index is 0.0291. The summed E-state index contributed by atoms with van der Waals surface area (Å²) in [6.07, 6.45) is 0. The Morgan fingerprint density at radius 1 is 1.28 bits per heavy atom. The van der Waals surface area contributed by atoms with Gasteiger partial charge in [-0.25, -0.2) is 13.1 Å². The summed E-state index contributed by atoms with van der Waals surface area (Å²) in [6, 6.07) is 5.72. The lowest BCUT2D eigenvalue weighted by atomic mass is 10.3. The maximum Gasteiger partial charge on any atom is 0.241 e. The van der Waals surface area contributed by atoms with Gasteiger partial charge >= 0.3 is 0 Å². The second-order valence-corrected chi connectivity index (χ2v) is 5.88. The van der Waals surface area contributed by atoms with E-state index in [1.165, 1.54) is 24.3 Å². The highest BCUT2D eigenvalue weighted by atomic mass is 32.2. The first-order valence-electron chi connectivity index (χ1n) is 5.46. The SMILES string of the molecule is CC(C)NC(=O)CNS(=O)(=O)c1ccc(N)cc1. The number of benzene rings is 1. The van der Waals surface area contributed by atoms with Gasteiger partial charge in [0.1, 0.15) is 0 Å². The molecule has 0 saturated carbocycles. The van der Waals surface area contributed by atoms with E-state index in [0.717, 1.165) is 0 Å². The third-order valence-corrected chi connectivity index (χ3v) is 3.48. The number of nitrogen functional groups attached to an aromatic ring is 1. The number of carbonyl (C=O) groups is 1. The first-order chi connectivity index (χ1) is 8.31. The molecule has 6 nitrogen and oxygen atoms in total. The molecule has 0 bridgehead atoms. The van der Waals surface area contributed by atoms with E-state index in [2.05, 4.69) is 10.0 Å². The van der Waals surface area contributed by atoms with E-state index in [9.17, 15) is 13.2 Å². The van der Waals surface area contributed by atoms with Gasteiger partial charge in [0.25, 0.3) is 0 Å². The zero-order valence-corrected chi connectivity index (χ0v) is 11.1. The molecule has 0 fully saturated rings. The Bertz CT molecular complexity index is 509. The summed E-state index contributed by atoms with van der Waals surface area (Å²) in [5.74, 6) is -0.371. The lowest BCUT2D eigenvalue weighted by molar-refractivity contribution is -0.120. The van der Waals surface area contributed by atoms with Crippen LogP contribution in [0.5, 0.6) is 0 Å². The molecule has 0 aliphatic rings. The van der Waals surface area contributed by atoms with Gasteiger partial charge in [-0.15, -0.1) is 0 Å². The summed E-state index contributed by atoms with van der Waals surface area (Å²) < 4.78 is 25.8. The summed E-state index contributed by atoms with van der Waals surface area (Å²) in [7, 11) is -3.67. The van der Waals surface area contributed by atoms with Gasteiger partial charge in [0, 0.05) is 11.7 Å². The Labute approximate surface area is 107 Å². The van der Waals surface area contributed by atoms with Crippen molar-refractivity contribution in [3.8, 4) is 0 Å². The molecule has 0 unspecified atom stereocenters. The van der Waals surface area contributed by atoms with Gasteiger partial charge < -0.3 is 11.1 Å². The zero-order valence-electron chi connectivity index (χ0n) is 10.3. The standard InChI is InChI=1S/C11H17N3O3S/c1-8(2)14-11(15)7-13-18(16,17)10-5-3-9(12)4-6-10/h3-6,8,13H,7,12H2,1-2H3,(H,14,15). The fourth-order valence-corrected chi connectivity index (χ4v) is 2.25. The van der Waals surface area contributed by atoms with Crippen LogP contribution in [0, 0.1) is 0 Å². The molecule has 1 aromatic carbocycles. The van der Waals surface area contributed by atoms with E-state index >= 15 is 0 Å². The predicted octanol–water partition coefficient (Wildman–Crippen LogP) is 0.0717. The Balaban J connectivity index is 2.66. The van der Waals surface area contributed by atoms with Crippen LogP contribution in [0.25, 0.3) is 0 Å². The monoisotopic (exact) mass is 271 g/mol. The quantitative estimate of drug-likeness (QED) is 0.660. The average molecular weight is 271 g/mol. The predicted molar refractivity (Wildman–Crippen MR) is 69.3 cm³/mol. The van der Waals surface area contributed by atoms with Crippen LogP contribution in [0.4, 0.5) is 5.69 Å². The molecular weight excluding hydrogens is 254 g/mol. The number of nitrogens with one attached hydrogen (secondary N) is 2. The van der Waals surface area contributed by atoms with Gasteiger partial charge in [-0.1, -0.05) is 0 Å². The van der Waals surface area contributed by atoms with Gasteiger partial charge in [-0.05, 0) is 38.1 Å². The van der Waals surface area contributed by atoms with Crippen molar-refractivity contribution in [2.45, 2.75) is 24.8 Å². The number of amides is 1. The van der Waals surface area contributed by atoms with Crippen LogP contribution in [0.1, 0.15) is 13.8 Å². The van der Waals surface area contributed by atoms with Crippen LogP contribution < -0.4 is 15.8 Å². The van der Waals surface area contributed by atoms with Crippen LogP contribution in [0.2, 0.25) is 0 Å². The Morgan fingerprint density at radius 3 is 2.33 bits per heavy atom. The molecule has 7 heteroatoms. The molecule has 0 aliphatic heterocycles. The fraction of sp³-hybridized carbons (Fsp3) is 0.364. The summed E-state index contributed by atoms with van der Waals surface area (Å²) in [6.45, 7) is 3.31. The lowest BCUT2D eigenvalue weighted by Crippen LogP contribution is -2.39. The zero-order chi connectivity index (χ0) is 13.8. The summed E-state index contributed by atoms with van der Waals surface area (Å²) in [5.41, 5.74) is 5.95. The molecule has 4 N–H and O–H groups in total. The average Bonchev–Trinajstić information content (AvgIpc) is 2.26. The van der Waals surface area contributed by atoms with Gasteiger partial charge in [0.2, 0.25) is 15.9 Å². The molecule has 1 rings (SSSR count). The largest absolute Gasteiger partial charge is 0.399 e. The lowest BCUT2D eigenvalue weighted by Gasteiger charge is -2.09. The molecule has 18 heavy (non-hydrogen) atoms. The molecule has 0 spiro atoms. The van der Waals surface area contributed by atoms with E-state index < -0.39 is 10.0 Å². The van der Waals surface area contributed by atoms with Crippen LogP contribution in [0.3, 0.4) is 0 Å². The van der Waals surface area contributed by atoms with E-state index in [-0.39, 0.29) is 23.4 Å². The van der Waals surface area contributed by atoms with Gasteiger partial charge in [-0.3, -0.25) is 4.79 Å². The molecule has 0 saturated heterocycles. The van der Waals surface area contributed by atoms with Crippen molar-refractivity contribution in [3.05, 3.63) is 24.3 Å². The van der Waals surface area contributed by atoms with Crippen molar-refractivity contribution in [2.24, 2.45) is 0 Å². The summed E-state index contributed by atoms with van der Waals surface area (Å²) >= 11 is 0. The molecule has 0 heterocycles. The van der Waals surface area contributed by atoms with Gasteiger partial charge in [0.15, 0.2) is 0 Å². The second kappa shape index (κ2) is 5.83. The van der Waals surface area contributed by atoms with Crippen molar-refractivity contribution >= 4 is 21.6 Å². The summed E-state index contributed by atoms with van der Waals surface area (Å²) in [4.78, 5) is 11.4. The number of anilines is 1. The Morgan fingerprint density at radius 2 is 1.83 bits per heavy atom. The normalized spacial score (nSPS) is 11.5. The number of rotatable bonds is 5. The van der Waals surface area contributed by atoms with Crippen LogP contribution in [-0.2, 0) is 14.8 Å². The molecule has 0 aliphatic carbocycles. The van der Waals surface area contributed by atoms with Crippen molar-refractivity contribution in [3.63, 3.8) is 0 Å². The first-order valence-corrected chi connectivity index (χ1v) is 6.94. The second-order valence-electron chi connectivity index (χ2n) is 4.12. The fourth-order valence-electron chi connectivity index (χ4n) is 1.26. The van der Waals surface area contributed by atoms with Crippen LogP contribution in [0.15, 0.2) is 29.2 Å². The van der Waals surface area contributed by atoms with Gasteiger partial charge in [-0.2, -0.15) is 0 Å². The molecule has 0 radical (unpaired) electrons. The molecular formula is C11H17N3O3S. The highest BCUT2D eigenvalue weighted by molar-refractivity contribution is 7.89. The number of nitrogens with two attached hydrogens (primary N) is 1. The van der Waals surface area contributed by atoms with E-state index in [0.29, 0.717) is 5.69 Å². The maximum absolute atomic E-state index is 11.8. The van der Waals surface area contributed by atoms with Crippen molar-refractivity contribution in [1.82, 2.24) is 10.0 Å². The highest BCUT2D eigenvalue weighted by Gasteiger charge is 2.15. The molecule has 1 aromatic rings. The highest BCUT2D eigenvalue weighted by Crippen LogP contribution is 2.10. The topological polar surface area (TPSA) is 101 Å². The maximum atomic E-state index is 11.8. The smallest absolute Gasteiger partial charge is 0.241 e. The Kier molecular flexibility index (Phi) is 4.69. The molecule has 0 aromatic heterocycles. The third kappa shape index (κ3) is 4.34. The Hall–Kier alpha value is -1.60. The van der Waals surface area contributed by atoms with Crippen molar-refractivity contribution in [2.75, 3.05) is 12.3 Å². The summed E-state index contributed by atoms with van der Waals surface area (Å²) in [5, 5.41) is 2.59. The minimum atomic E-state index is -3.67. The van der Waals surface area contributed by atoms with Crippen molar-refractivity contribution < 1.29 is 13.2 Å². The van der Waals surface area contributed by atoms with Crippen LogP contribution in [-0.4, -0.2) is 26.9 Å². The molecule has 1 amide bonds. The van der Waals surface area contributed by atoms with E-state index in [1.807, 2.05) is 0 Å². The molecule has 0 atom stereocenters. The first kappa shape index (κ1) is 14.5. The number of carbonyl (C=O) groups excluding carboxylic acids is 1. The van der Waals surface area contributed by atoms with Gasteiger partial charge in [0.05, 0.1) is 11.4 Å². The van der Waals surface area contributed by atoms with E-state index in [4.69, 9.17) is 5.73 Å². The number of sulfonamides is 1. The number of hydrogen-bond acceptors (Lipinski definition) is 4. The third-order valence-electron chi connectivity index (χ3n) is 2.06. The number of hydrogen-bond donors (Lipinski definition) is 3.